The molecule has 0 aliphatic heterocycles. The number of rotatable bonds is 75. The van der Waals surface area contributed by atoms with Crippen LogP contribution in [-0.4, -0.2) is 96.7 Å². The molecule has 19 heteroatoms. The van der Waals surface area contributed by atoms with Gasteiger partial charge in [0.05, 0.1) is 26.4 Å². The van der Waals surface area contributed by atoms with E-state index < -0.39 is 97.5 Å². The summed E-state index contributed by atoms with van der Waals surface area (Å²) >= 11 is 0. The lowest BCUT2D eigenvalue weighted by atomic mass is 10.0. The van der Waals surface area contributed by atoms with Gasteiger partial charge in [-0.2, -0.15) is 0 Å². The summed E-state index contributed by atoms with van der Waals surface area (Å²) in [5.74, 6) is 0.915. The van der Waals surface area contributed by atoms with Gasteiger partial charge in [0.15, 0.2) is 12.2 Å². The zero-order valence-corrected chi connectivity index (χ0v) is 65.5. The summed E-state index contributed by atoms with van der Waals surface area (Å²) in [5, 5.41) is 10.6. The summed E-state index contributed by atoms with van der Waals surface area (Å²) in [7, 11) is -9.92. The Balaban J connectivity index is 5.21. The number of ether oxygens (including phenoxy) is 4. The van der Waals surface area contributed by atoms with Gasteiger partial charge < -0.3 is 33.8 Å². The molecule has 0 spiro atoms. The highest BCUT2D eigenvalue weighted by molar-refractivity contribution is 7.47. The van der Waals surface area contributed by atoms with Crippen LogP contribution >= 0.6 is 15.6 Å². The summed E-state index contributed by atoms with van der Waals surface area (Å²) in [5.41, 5.74) is 0. The zero-order chi connectivity index (χ0) is 71.7. The summed E-state index contributed by atoms with van der Waals surface area (Å²) < 4.78 is 68.6. The predicted octanol–water partition coefficient (Wildman–Crippen LogP) is 22.8. The Kier molecular flexibility index (Phi) is 65.9. The molecule has 576 valence electrons. The fourth-order valence-corrected chi connectivity index (χ4v) is 13.5. The number of carbonyl (C=O) groups is 4. The van der Waals surface area contributed by atoms with E-state index in [1.807, 2.05) is 0 Å². The van der Waals surface area contributed by atoms with Crippen molar-refractivity contribution in [1.29, 1.82) is 0 Å². The van der Waals surface area contributed by atoms with Crippen LogP contribution in [0, 0.1) is 23.7 Å². The molecule has 0 aromatic heterocycles. The molecule has 0 saturated carbocycles. The smallest absolute Gasteiger partial charge is 0.462 e. The maximum absolute atomic E-state index is 13.1. The predicted molar refractivity (Wildman–Crippen MR) is 395 cm³/mol. The van der Waals surface area contributed by atoms with Crippen molar-refractivity contribution < 1.29 is 80.2 Å². The van der Waals surface area contributed by atoms with Gasteiger partial charge in [-0.1, -0.05) is 344 Å². The molecule has 0 heterocycles. The van der Waals surface area contributed by atoms with Crippen molar-refractivity contribution in [3.63, 3.8) is 0 Å². The van der Waals surface area contributed by atoms with Crippen molar-refractivity contribution in [2.45, 2.75) is 414 Å². The number of esters is 4. The second-order valence-corrected chi connectivity index (χ2v) is 32.9. The molecular weight excluding hydrogens is 1270 g/mol. The standard InChI is InChI=1S/C78H152O17P2/c1-68(2)54-46-38-30-22-18-15-13-11-9-10-12-14-16-20-25-36-44-52-60-77(82)94-73(64-88-75(80)58-50-42-34-24-21-17-19-23-31-39-47-55-69(3)4)66-92-96(84,85)90-62-72(79)63-91-97(86,87)93-67-74(95-78(83)61-53-45-37-29-27-33-41-49-57-71(7)8)65-89-76(81)59-51-43-35-28-26-32-40-48-56-70(5)6/h68-74,79H,9-67H2,1-8H3,(H,84,85)(H,86,87)/t72?,73-,74-/m1/s1. The summed E-state index contributed by atoms with van der Waals surface area (Å²) in [6.45, 7) is 14.2. The normalized spacial score (nSPS) is 14.1. The molecule has 3 unspecified atom stereocenters. The molecule has 5 atom stereocenters. The quantitative estimate of drug-likeness (QED) is 0.0222. The van der Waals surface area contributed by atoms with Gasteiger partial charge in [0.1, 0.15) is 19.3 Å². The van der Waals surface area contributed by atoms with Crippen LogP contribution in [0.2, 0.25) is 0 Å². The van der Waals surface area contributed by atoms with Crippen molar-refractivity contribution in [3.8, 4) is 0 Å². The molecule has 97 heavy (non-hydrogen) atoms. The topological polar surface area (TPSA) is 237 Å². The first-order valence-electron chi connectivity index (χ1n) is 40.2. The molecule has 0 rings (SSSR count). The van der Waals surface area contributed by atoms with Gasteiger partial charge in [0, 0.05) is 25.7 Å². The highest BCUT2D eigenvalue weighted by atomic mass is 31.2. The number of aliphatic hydroxyl groups excluding tert-OH is 1. The lowest BCUT2D eigenvalue weighted by Crippen LogP contribution is -2.30. The van der Waals surface area contributed by atoms with Gasteiger partial charge >= 0.3 is 39.5 Å². The molecule has 0 saturated heterocycles. The van der Waals surface area contributed by atoms with Crippen LogP contribution in [0.5, 0.6) is 0 Å². The van der Waals surface area contributed by atoms with Crippen LogP contribution in [0.25, 0.3) is 0 Å². The van der Waals surface area contributed by atoms with Crippen LogP contribution in [-0.2, 0) is 65.4 Å². The Morgan fingerprint density at radius 1 is 0.258 bits per heavy atom. The van der Waals surface area contributed by atoms with Crippen molar-refractivity contribution in [3.05, 3.63) is 0 Å². The molecular formula is C78H152O17P2. The molecule has 0 bridgehead atoms. The number of aliphatic hydroxyl groups is 1. The molecule has 0 aromatic carbocycles. The first-order chi connectivity index (χ1) is 46.6. The van der Waals surface area contributed by atoms with Gasteiger partial charge in [-0.15, -0.1) is 0 Å². The third-order valence-corrected chi connectivity index (χ3v) is 20.0. The summed E-state index contributed by atoms with van der Waals surface area (Å²) in [6, 6.07) is 0. The molecule has 0 aliphatic rings. The monoisotopic (exact) mass is 1420 g/mol. The molecule has 0 amide bonds. The lowest BCUT2D eigenvalue weighted by molar-refractivity contribution is -0.161. The van der Waals surface area contributed by atoms with E-state index in [0.717, 1.165) is 114 Å². The minimum atomic E-state index is -4.96. The number of phosphoric acid groups is 2. The number of hydrogen-bond donors (Lipinski definition) is 3. The van der Waals surface area contributed by atoms with E-state index >= 15 is 0 Å². The van der Waals surface area contributed by atoms with E-state index in [2.05, 4.69) is 55.4 Å². The molecule has 0 aliphatic carbocycles. The van der Waals surface area contributed by atoms with Gasteiger partial charge in [-0.25, -0.2) is 9.13 Å². The van der Waals surface area contributed by atoms with Crippen molar-refractivity contribution in [1.82, 2.24) is 0 Å². The average Bonchev–Trinajstić information content (AvgIpc) is 0.966. The van der Waals surface area contributed by atoms with Crippen molar-refractivity contribution >= 4 is 39.5 Å². The first kappa shape index (κ1) is 95.1. The Labute approximate surface area is 594 Å². The Bertz CT molecular complexity index is 1900. The lowest BCUT2D eigenvalue weighted by Gasteiger charge is -2.21. The van der Waals surface area contributed by atoms with Gasteiger partial charge in [-0.3, -0.25) is 37.3 Å². The minimum absolute atomic E-state index is 0.104. The maximum atomic E-state index is 13.1. The summed E-state index contributed by atoms with van der Waals surface area (Å²) in [4.78, 5) is 72.8. The van der Waals surface area contributed by atoms with E-state index in [1.165, 1.54) is 199 Å². The highest BCUT2D eigenvalue weighted by Gasteiger charge is 2.30. The number of hydrogen-bond acceptors (Lipinski definition) is 15. The highest BCUT2D eigenvalue weighted by Crippen LogP contribution is 2.45. The van der Waals surface area contributed by atoms with Crippen LogP contribution in [0.3, 0.4) is 0 Å². The number of phosphoric ester groups is 2. The van der Waals surface area contributed by atoms with Crippen molar-refractivity contribution in [2.24, 2.45) is 23.7 Å². The van der Waals surface area contributed by atoms with E-state index in [4.69, 9.17) is 37.0 Å². The minimum Gasteiger partial charge on any atom is -0.462 e. The van der Waals surface area contributed by atoms with Crippen LogP contribution in [0.4, 0.5) is 0 Å². The van der Waals surface area contributed by atoms with Crippen LogP contribution < -0.4 is 0 Å². The molecule has 0 radical (unpaired) electrons. The SMILES string of the molecule is CC(C)CCCCCCCCCCCCCCCCCCCCC(=O)O[C@H](COC(=O)CCCCCCCCCCCCCC(C)C)COP(=O)(O)OCC(O)COP(=O)(O)OC[C@@H](COC(=O)CCCCCCCCCCC(C)C)OC(=O)CCCCCCCCCCC(C)C. The third kappa shape index (κ3) is 72.2. The number of unbranched alkanes of at least 4 members (excludes halogenated alkanes) is 41. The van der Waals surface area contributed by atoms with Crippen molar-refractivity contribution in [2.75, 3.05) is 39.6 Å². The third-order valence-electron chi connectivity index (χ3n) is 18.1. The largest absolute Gasteiger partial charge is 0.472 e. The zero-order valence-electron chi connectivity index (χ0n) is 63.7. The van der Waals surface area contributed by atoms with Gasteiger partial charge in [-0.05, 0) is 49.4 Å². The van der Waals surface area contributed by atoms with E-state index in [0.29, 0.717) is 25.7 Å². The Hall–Kier alpha value is -1.94. The number of carbonyl (C=O) groups excluding carboxylic acids is 4. The summed E-state index contributed by atoms with van der Waals surface area (Å²) in [6.07, 6.45) is 52.9. The fraction of sp³-hybridized carbons (Fsp3) is 0.949. The molecule has 0 aromatic rings. The van der Waals surface area contributed by atoms with Crippen LogP contribution in [0.1, 0.15) is 396 Å². The van der Waals surface area contributed by atoms with Crippen LogP contribution in [0.15, 0.2) is 0 Å². The van der Waals surface area contributed by atoms with Gasteiger partial charge in [0.2, 0.25) is 0 Å². The van der Waals surface area contributed by atoms with E-state index in [-0.39, 0.29) is 25.7 Å². The first-order valence-corrected chi connectivity index (χ1v) is 43.2. The molecule has 3 N–H and O–H groups in total. The second kappa shape index (κ2) is 67.2. The Morgan fingerprint density at radius 3 is 0.639 bits per heavy atom. The maximum Gasteiger partial charge on any atom is 0.472 e. The average molecular weight is 1420 g/mol. The Morgan fingerprint density at radius 2 is 0.433 bits per heavy atom. The molecule has 0 fully saturated rings. The van der Waals surface area contributed by atoms with Gasteiger partial charge in [0.25, 0.3) is 0 Å². The van der Waals surface area contributed by atoms with E-state index in [9.17, 15) is 43.2 Å². The van der Waals surface area contributed by atoms with E-state index in [1.54, 1.807) is 0 Å². The fourth-order valence-electron chi connectivity index (χ4n) is 11.9. The second-order valence-electron chi connectivity index (χ2n) is 30.0. The molecule has 17 nitrogen and oxygen atoms in total.